The number of aryl methyl sites for hydroxylation is 1. The van der Waals surface area contributed by atoms with E-state index in [4.69, 9.17) is 14.1 Å². The Bertz CT molecular complexity index is 1130. The average molecular weight is 461 g/mol. The summed E-state index contributed by atoms with van der Waals surface area (Å²) in [6.07, 6.45) is 9.97. The molecular formula is C28H36N4O2. The van der Waals surface area contributed by atoms with Crippen LogP contribution in [0.3, 0.4) is 0 Å². The molecule has 0 spiro atoms. The van der Waals surface area contributed by atoms with Gasteiger partial charge in [0.25, 0.3) is 0 Å². The number of allylic oxidation sites excluding steroid dienone is 1. The number of nitrogens with zero attached hydrogens (tertiary/aromatic N) is 4. The van der Waals surface area contributed by atoms with Gasteiger partial charge in [-0.2, -0.15) is 0 Å². The minimum Gasteiger partial charge on any atom is -0.479 e. The Balaban J connectivity index is 0.00000199. The fourth-order valence-electron chi connectivity index (χ4n) is 3.36. The van der Waals surface area contributed by atoms with Crippen molar-refractivity contribution in [2.24, 2.45) is 5.41 Å². The zero-order chi connectivity index (χ0) is 25.1. The lowest BCUT2D eigenvalue weighted by Gasteiger charge is -2.20. The molecule has 0 aliphatic heterocycles. The van der Waals surface area contributed by atoms with Crippen molar-refractivity contribution in [2.75, 3.05) is 7.11 Å². The number of methoxy groups -OCH3 is 1. The van der Waals surface area contributed by atoms with Gasteiger partial charge in [0.2, 0.25) is 17.7 Å². The fourth-order valence-corrected chi connectivity index (χ4v) is 3.36. The fraction of sp³-hybridized carbons (Fsp3) is 0.357. The first-order valence-electron chi connectivity index (χ1n) is 11.7. The summed E-state index contributed by atoms with van der Waals surface area (Å²) in [5.74, 6) is 1.83. The van der Waals surface area contributed by atoms with E-state index in [1.807, 2.05) is 32.9 Å². The minimum atomic E-state index is -0.000266. The van der Waals surface area contributed by atoms with Crippen molar-refractivity contribution in [3.05, 3.63) is 72.2 Å². The first kappa shape index (κ1) is 26.7. The molecule has 0 fully saturated rings. The number of ether oxygens (including phenoxy) is 1. The number of hydrogen-bond donors (Lipinski definition) is 0. The third-order valence-corrected chi connectivity index (χ3v) is 5.08. The van der Waals surface area contributed by atoms with E-state index >= 15 is 0 Å². The van der Waals surface area contributed by atoms with E-state index in [0.29, 0.717) is 34.7 Å². The van der Waals surface area contributed by atoms with Gasteiger partial charge in [0.1, 0.15) is 5.69 Å². The first-order valence-corrected chi connectivity index (χ1v) is 11.7. The molecule has 180 valence electrons. The Morgan fingerprint density at radius 3 is 2.32 bits per heavy atom. The molecule has 34 heavy (non-hydrogen) atoms. The van der Waals surface area contributed by atoms with Crippen LogP contribution >= 0.6 is 0 Å². The SMILES string of the molecule is C=Cc1nc(OC)c(-c2cccc(/C=C/CC(C)(C)Cc3nnc(CC)o3)c2)nc1C=C.CC. The first-order chi connectivity index (χ1) is 16.4. The summed E-state index contributed by atoms with van der Waals surface area (Å²) in [7, 11) is 1.59. The highest BCUT2D eigenvalue weighted by molar-refractivity contribution is 5.71. The molecule has 0 bridgehead atoms. The Hall–Kier alpha value is -3.54. The van der Waals surface area contributed by atoms with Gasteiger partial charge in [-0.15, -0.1) is 10.2 Å². The zero-order valence-electron chi connectivity index (χ0n) is 21.3. The van der Waals surface area contributed by atoms with Crippen LogP contribution in [0.25, 0.3) is 29.5 Å². The summed E-state index contributed by atoms with van der Waals surface area (Å²) in [5.41, 5.74) is 3.98. The number of rotatable bonds is 10. The van der Waals surface area contributed by atoms with Crippen LogP contribution in [0.5, 0.6) is 5.88 Å². The molecule has 6 heteroatoms. The molecule has 6 nitrogen and oxygen atoms in total. The van der Waals surface area contributed by atoms with E-state index < -0.39 is 0 Å². The molecule has 0 atom stereocenters. The molecule has 1 aromatic carbocycles. The lowest BCUT2D eigenvalue weighted by Crippen LogP contribution is -2.14. The van der Waals surface area contributed by atoms with Crippen LogP contribution in [-0.4, -0.2) is 27.3 Å². The largest absolute Gasteiger partial charge is 0.479 e. The van der Waals surface area contributed by atoms with Gasteiger partial charge < -0.3 is 9.15 Å². The second-order valence-electron chi connectivity index (χ2n) is 8.28. The molecule has 0 amide bonds. The smallest absolute Gasteiger partial charge is 0.240 e. The Morgan fingerprint density at radius 1 is 1.03 bits per heavy atom. The predicted octanol–water partition coefficient (Wildman–Crippen LogP) is 7.08. The lowest BCUT2D eigenvalue weighted by atomic mass is 9.85. The van der Waals surface area contributed by atoms with Crippen molar-refractivity contribution < 1.29 is 9.15 Å². The van der Waals surface area contributed by atoms with Gasteiger partial charge in [-0.1, -0.05) is 78.1 Å². The number of aromatic nitrogens is 4. The minimum absolute atomic E-state index is 0.000266. The van der Waals surface area contributed by atoms with E-state index in [1.165, 1.54) is 0 Å². The molecular weight excluding hydrogens is 424 g/mol. The molecule has 0 aliphatic carbocycles. The maximum atomic E-state index is 5.67. The van der Waals surface area contributed by atoms with E-state index in [9.17, 15) is 0 Å². The summed E-state index contributed by atoms with van der Waals surface area (Å²) >= 11 is 0. The van der Waals surface area contributed by atoms with E-state index in [-0.39, 0.29) is 5.41 Å². The van der Waals surface area contributed by atoms with Gasteiger partial charge in [-0.25, -0.2) is 9.97 Å². The lowest BCUT2D eigenvalue weighted by molar-refractivity contribution is 0.319. The van der Waals surface area contributed by atoms with E-state index in [2.05, 4.69) is 66.5 Å². The monoisotopic (exact) mass is 460 g/mol. The van der Waals surface area contributed by atoms with Crippen LogP contribution < -0.4 is 4.74 Å². The molecule has 0 unspecified atom stereocenters. The van der Waals surface area contributed by atoms with Gasteiger partial charge >= 0.3 is 0 Å². The molecule has 3 aromatic rings. The second-order valence-corrected chi connectivity index (χ2v) is 8.28. The highest BCUT2D eigenvalue weighted by atomic mass is 16.5. The molecule has 2 heterocycles. The summed E-state index contributed by atoms with van der Waals surface area (Å²) < 4.78 is 11.2. The molecule has 0 saturated heterocycles. The summed E-state index contributed by atoms with van der Waals surface area (Å²) in [6.45, 7) is 18.0. The van der Waals surface area contributed by atoms with Crippen molar-refractivity contribution in [2.45, 2.75) is 53.9 Å². The number of benzene rings is 1. The maximum Gasteiger partial charge on any atom is 0.240 e. The quantitative estimate of drug-likeness (QED) is 0.322. The highest BCUT2D eigenvalue weighted by Gasteiger charge is 2.20. The van der Waals surface area contributed by atoms with E-state index in [1.54, 1.807) is 19.3 Å². The van der Waals surface area contributed by atoms with Gasteiger partial charge in [0.15, 0.2) is 0 Å². The van der Waals surface area contributed by atoms with Gasteiger partial charge in [0.05, 0.1) is 18.5 Å². The van der Waals surface area contributed by atoms with Crippen molar-refractivity contribution in [1.82, 2.24) is 20.2 Å². The molecule has 0 N–H and O–H groups in total. The Labute approximate surface area is 203 Å². The topological polar surface area (TPSA) is 73.9 Å². The molecule has 0 saturated carbocycles. The Kier molecular flexibility index (Phi) is 9.92. The van der Waals surface area contributed by atoms with Crippen LogP contribution in [0.1, 0.15) is 69.8 Å². The summed E-state index contributed by atoms with van der Waals surface area (Å²) in [4.78, 5) is 9.21. The van der Waals surface area contributed by atoms with Crippen LogP contribution in [0, 0.1) is 5.41 Å². The molecule has 3 rings (SSSR count). The van der Waals surface area contributed by atoms with Gasteiger partial charge in [-0.3, -0.25) is 0 Å². The van der Waals surface area contributed by atoms with Gasteiger partial charge in [0, 0.05) is 18.4 Å². The maximum absolute atomic E-state index is 5.67. The average Bonchev–Trinajstić information content (AvgIpc) is 3.31. The number of hydrogen-bond acceptors (Lipinski definition) is 6. The van der Waals surface area contributed by atoms with Crippen molar-refractivity contribution in [3.63, 3.8) is 0 Å². The summed E-state index contributed by atoms with van der Waals surface area (Å²) in [6, 6.07) is 8.13. The van der Waals surface area contributed by atoms with E-state index in [0.717, 1.165) is 30.4 Å². The van der Waals surface area contributed by atoms with Crippen LogP contribution in [0.2, 0.25) is 0 Å². The normalized spacial score (nSPS) is 11.1. The molecule has 0 aliphatic rings. The van der Waals surface area contributed by atoms with Crippen molar-refractivity contribution >= 4 is 18.2 Å². The van der Waals surface area contributed by atoms with Crippen LogP contribution in [0.4, 0.5) is 0 Å². The summed E-state index contributed by atoms with van der Waals surface area (Å²) in [5, 5.41) is 8.20. The van der Waals surface area contributed by atoms with Crippen LogP contribution in [0.15, 0.2) is 47.9 Å². The third kappa shape index (κ3) is 6.98. The predicted molar refractivity (Wildman–Crippen MR) is 140 cm³/mol. The third-order valence-electron chi connectivity index (χ3n) is 5.08. The van der Waals surface area contributed by atoms with Crippen molar-refractivity contribution in [1.29, 1.82) is 0 Å². The second kappa shape index (κ2) is 12.6. The van der Waals surface area contributed by atoms with Gasteiger partial charge in [-0.05, 0) is 35.6 Å². The molecule has 2 aromatic heterocycles. The highest BCUT2D eigenvalue weighted by Crippen LogP contribution is 2.30. The van der Waals surface area contributed by atoms with Crippen molar-refractivity contribution in [3.8, 4) is 17.1 Å². The van der Waals surface area contributed by atoms with Crippen LogP contribution in [-0.2, 0) is 12.8 Å². The zero-order valence-corrected chi connectivity index (χ0v) is 21.3. The standard InChI is InChI=1S/C26H30N4O2.C2H6/c1-7-20-21(8-2)28-25(31-6)24(27-20)19-14-10-12-18(16-19)13-11-15-26(4,5)17-23-30-29-22(9-3)32-23;1-2/h7-8,10-14,16H,1-2,9,15,17H2,3-6H3;1-2H3/b13-11+;. The molecule has 0 radical (unpaired) electrons. The Morgan fingerprint density at radius 2 is 1.71 bits per heavy atom.